The molecule has 0 saturated heterocycles. The Bertz CT molecular complexity index is 659. The second kappa shape index (κ2) is 4.80. The largest absolute Gasteiger partial charge is 0.477 e. The van der Waals surface area contributed by atoms with Crippen LogP contribution in [0.15, 0.2) is 39.3 Å². The molecule has 1 aliphatic carbocycles. The van der Waals surface area contributed by atoms with Gasteiger partial charge in [0.2, 0.25) is 0 Å². The number of halogens is 2. The smallest absolute Gasteiger partial charge is 0.352 e. The molecule has 1 saturated carbocycles. The first-order valence-electron chi connectivity index (χ1n) is 5.98. The van der Waals surface area contributed by atoms with Gasteiger partial charge in [0, 0.05) is 20.6 Å². The number of hydrogen-bond donors (Lipinski definition) is 1. The Morgan fingerprint density at radius 1 is 1.21 bits per heavy atom. The van der Waals surface area contributed by atoms with Crippen molar-refractivity contribution in [2.24, 2.45) is 0 Å². The van der Waals surface area contributed by atoms with Crippen molar-refractivity contribution >= 4 is 37.8 Å². The average molecular weight is 385 g/mol. The molecule has 3 rings (SSSR count). The molecule has 3 nitrogen and oxygen atoms in total. The molecule has 0 aliphatic heterocycles. The molecule has 1 aromatic carbocycles. The van der Waals surface area contributed by atoms with E-state index in [1.165, 1.54) is 0 Å². The summed E-state index contributed by atoms with van der Waals surface area (Å²) in [6.07, 6.45) is 2.10. The lowest BCUT2D eigenvalue weighted by molar-refractivity contribution is 0.0685. The fraction of sp³-hybridized carbons (Fsp3) is 0.214. The molecule has 1 N–H and O–H groups in total. The van der Waals surface area contributed by atoms with E-state index in [0.717, 1.165) is 33.0 Å². The molecule has 0 radical (unpaired) electrons. The number of nitrogens with zero attached hydrogens (tertiary/aromatic N) is 1. The highest BCUT2D eigenvalue weighted by molar-refractivity contribution is 9.11. The van der Waals surface area contributed by atoms with Crippen molar-refractivity contribution in [3.05, 3.63) is 45.0 Å². The van der Waals surface area contributed by atoms with Crippen LogP contribution in [0.25, 0.3) is 11.3 Å². The van der Waals surface area contributed by atoms with E-state index in [2.05, 4.69) is 31.9 Å². The SMILES string of the molecule is O=C(O)c1ccc(-c2ccc(Br)cc2Br)n1C1CC1. The molecule has 0 atom stereocenters. The summed E-state index contributed by atoms with van der Waals surface area (Å²) in [7, 11) is 0. The topological polar surface area (TPSA) is 42.2 Å². The van der Waals surface area contributed by atoms with Crippen LogP contribution in [-0.4, -0.2) is 15.6 Å². The van der Waals surface area contributed by atoms with E-state index in [-0.39, 0.29) is 0 Å². The zero-order chi connectivity index (χ0) is 13.6. The van der Waals surface area contributed by atoms with Crippen LogP contribution in [0.2, 0.25) is 0 Å². The van der Waals surface area contributed by atoms with Gasteiger partial charge in [0.05, 0.1) is 5.69 Å². The predicted octanol–water partition coefficient (Wildman–Crippen LogP) is 4.71. The number of aromatic carboxylic acids is 1. The molecule has 1 heterocycles. The van der Waals surface area contributed by atoms with E-state index in [1.54, 1.807) is 6.07 Å². The van der Waals surface area contributed by atoms with Gasteiger partial charge < -0.3 is 9.67 Å². The zero-order valence-corrected chi connectivity index (χ0v) is 13.1. The van der Waals surface area contributed by atoms with Crippen LogP contribution >= 0.6 is 31.9 Å². The Labute approximate surface area is 127 Å². The van der Waals surface area contributed by atoms with E-state index < -0.39 is 5.97 Å². The maximum atomic E-state index is 11.3. The third-order valence-corrected chi connectivity index (χ3v) is 4.41. The number of carbonyl (C=O) groups is 1. The minimum Gasteiger partial charge on any atom is -0.477 e. The second-order valence-corrected chi connectivity index (χ2v) is 6.40. The minimum absolute atomic E-state index is 0.326. The molecule has 0 bridgehead atoms. The van der Waals surface area contributed by atoms with Crippen LogP contribution in [0.4, 0.5) is 0 Å². The van der Waals surface area contributed by atoms with Crippen LogP contribution in [-0.2, 0) is 0 Å². The highest BCUT2D eigenvalue weighted by atomic mass is 79.9. The van der Waals surface area contributed by atoms with Gasteiger partial charge in [-0.05, 0) is 37.1 Å². The normalized spacial score (nSPS) is 14.6. The average Bonchev–Trinajstić information content (AvgIpc) is 3.08. The van der Waals surface area contributed by atoms with Crippen molar-refractivity contribution in [3.8, 4) is 11.3 Å². The number of benzene rings is 1. The van der Waals surface area contributed by atoms with Gasteiger partial charge in [-0.15, -0.1) is 0 Å². The fourth-order valence-electron chi connectivity index (χ4n) is 2.27. The van der Waals surface area contributed by atoms with E-state index >= 15 is 0 Å². The Hall–Kier alpha value is -1.07. The molecular weight excluding hydrogens is 374 g/mol. The highest BCUT2D eigenvalue weighted by Crippen LogP contribution is 2.42. The minimum atomic E-state index is -0.869. The molecular formula is C14H11Br2NO2. The lowest BCUT2D eigenvalue weighted by Crippen LogP contribution is -2.08. The summed E-state index contributed by atoms with van der Waals surface area (Å²) < 4.78 is 3.89. The number of carboxylic acids is 1. The first kappa shape index (κ1) is 12.9. The number of hydrogen-bond acceptors (Lipinski definition) is 1. The molecule has 1 aromatic heterocycles. The van der Waals surface area contributed by atoms with Gasteiger partial charge in [0.1, 0.15) is 5.69 Å². The van der Waals surface area contributed by atoms with Gasteiger partial charge in [-0.2, -0.15) is 0 Å². The molecule has 2 aromatic rings. The Kier molecular flexibility index (Phi) is 3.27. The monoisotopic (exact) mass is 383 g/mol. The summed E-state index contributed by atoms with van der Waals surface area (Å²) in [6.45, 7) is 0. The van der Waals surface area contributed by atoms with Crippen molar-refractivity contribution < 1.29 is 9.90 Å². The standard InChI is InChI=1S/C14H11Br2NO2/c15-8-1-4-10(11(16)7-8)12-5-6-13(14(18)19)17(12)9-2-3-9/h1,4-7,9H,2-3H2,(H,18,19). The van der Waals surface area contributed by atoms with Gasteiger partial charge in [-0.25, -0.2) is 4.79 Å². The van der Waals surface area contributed by atoms with Gasteiger partial charge in [-0.3, -0.25) is 0 Å². The van der Waals surface area contributed by atoms with E-state index in [0.29, 0.717) is 11.7 Å². The lowest BCUT2D eigenvalue weighted by Gasteiger charge is -2.12. The summed E-state index contributed by atoms with van der Waals surface area (Å²) in [6, 6.07) is 9.82. The lowest BCUT2D eigenvalue weighted by atomic mass is 10.1. The summed E-state index contributed by atoms with van der Waals surface area (Å²) in [5.41, 5.74) is 2.34. The van der Waals surface area contributed by atoms with Crippen molar-refractivity contribution in [1.82, 2.24) is 4.57 Å². The third-order valence-electron chi connectivity index (χ3n) is 3.26. The van der Waals surface area contributed by atoms with Gasteiger partial charge in [0.25, 0.3) is 0 Å². The first-order valence-corrected chi connectivity index (χ1v) is 7.56. The Morgan fingerprint density at radius 3 is 2.53 bits per heavy atom. The van der Waals surface area contributed by atoms with Crippen LogP contribution < -0.4 is 0 Å². The van der Waals surface area contributed by atoms with E-state index in [1.807, 2.05) is 28.8 Å². The Balaban J connectivity index is 2.17. The summed E-state index contributed by atoms with van der Waals surface area (Å²) in [5, 5.41) is 9.28. The van der Waals surface area contributed by atoms with Crippen molar-refractivity contribution in [2.75, 3.05) is 0 Å². The molecule has 0 unspecified atom stereocenters. The van der Waals surface area contributed by atoms with E-state index in [9.17, 15) is 9.90 Å². The van der Waals surface area contributed by atoms with Crippen LogP contribution in [0.3, 0.4) is 0 Å². The van der Waals surface area contributed by atoms with Crippen molar-refractivity contribution in [1.29, 1.82) is 0 Å². The maximum absolute atomic E-state index is 11.3. The third kappa shape index (κ3) is 2.37. The number of rotatable bonds is 3. The predicted molar refractivity (Wildman–Crippen MR) is 80.5 cm³/mol. The fourth-order valence-corrected chi connectivity index (χ4v) is 3.52. The molecule has 1 fully saturated rings. The first-order chi connectivity index (χ1) is 9.08. The van der Waals surface area contributed by atoms with Gasteiger partial charge >= 0.3 is 5.97 Å². The molecule has 0 spiro atoms. The molecule has 0 amide bonds. The summed E-state index contributed by atoms with van der Waals surface area (Å²) in [4.78, 5) is 11.3. The Morgan fingerprint density at radius 2 is 1.95 bits per heavy atom. The van der Waals surface area contributed by atoms with Crippen LogP contribution in [0, 0.1) is 0 Å². The number of aromatic nitrogens is 1. The van der Waals surface area contributed by atoms with Crippen LogP contribution in [0.5, 0.6) is 0 Å². The van der Waals surface area contributed by atoms with Crippen molar-refractivity contribution in [3.63, 3.8) is 0 Å². The summed E-state index contributed by atoms with van der Waals surface area (Å²) in [5.74, 6) is -0.869. The van der Waals surface area contributed by atoms with Gasteiger partial charge in [0.15, 0.2) is 0 Å². The molecule has 5 heteroatoms. The van der Waals surface area contributed by atoms with Crippen LogP contribution in [0.1, 0.15) is 29.4 Å². The second-order valence-electron chi connectivity index (χ2n) is 4.63. The summed E-state index contributed by atoms with van der Waals surface area (Å²) >= 11 is 6.97. The van der Waals surface area contributed by atoms with Gasteiger partial charge in [-0.1, -0.05) is 37.9 Å². The number of carboxylic acid groups (broad SMARTS) is 1. The molecule has 1 aliphatic rings. The van der Waals surface area contributed by atoms with Crippen molar-refractivity contribution in [2.45, 2.75) is 18.9 Å². The van der Waals surface area contributed by atoms with E-state index in [4.69, 9.17) is 0 Å². The maximum Gasteiger partial charge on any atom is 0.352 e. The molecule has 98 valence electrons. The molecule has 19 heavy (non-hydrogen) atoms. The highest BCUT2D eigenvalue weighted by Gasteiger charge is 2.30. The quantitative estimate of drug-likeness (QED) is 0.832. The zero-order valence-electron chi connectivity index (χ0n) is 9.94.